The second-order valence-corrected chi connectivity index (χ2v) is 8.49. The minimum atomic E-state index is -1.35. The van der Waals surface area contributed by atoms with Crippen molar-refractivity contribution in [3.63, 3.8) is 0 Å². The van der Waals surface area contributed by atoms with Crippen molar-refractivity contribution in [1.29, 1.82) is 0 Å². The Labute approximate surface area is 199 Å². The summed E-state index contributed by atoms with van der Waals surface area (Å²) in [5.41, 5.74) is -1.26. The SMILES string of the molecule is CCC1(CC)C(=O)Nc2ccccc2NC(=O)C(CC)(CC)C(=O)Nc2ccccc2NC1=O. The molecule has 2 aromatic carbocycles. The number of hydrogen-bond donors (Lipinski definition) is 4. The highest BCUT2D eigenvalue weighted by Crippen LogP contribution is 2.36. The lowest BCUT2D eigenvalue weighted by molar-refractivity contribution is -0.139. The van der Waals surface area contributed by atoms with Gasteiger partial charge in [0, 0.05) is 0 Å². The Balaban J connectivity index is 2.20. The van der Waals surface area contributed by atoms with Gasteiger partial charge in [0.2, 0.25) is 23.6 Å². The van der Waals surface area contributed by atoms with E-state index in [1.54, 1.807) is 76.2 Å². The Morgan fingerprint density at radius 3 is 0.853 bits per heavy atom. The predicted molar refractivity (Wildman–Crippen MR) is 133 cm³/mol. The summed E-state index contributed by atoms with van der Waals surface area (Å²) in [6, 6.07) is 13.5. The number of anilines is 4. The fraction of sp³-hybridized carbons (Fsp3) is 0.385. The van der Waals surface area contributed by atoms with Crippen LogP contribution in [0.5, 0.6) is 0 Å². The summed E-state index contributed by atoms with van der Waals surface area (Å²) < 4.78 is 0. The summed E-state index contributed by atoms with van der Waals surface area (Å²) in [6.07, 6.45) is 1.05. The summed E-state index contributed by atoms with van der Waals surface area (Å²) >= 11 is 0. The van der Waals surface area contributed by atoms with Crippen LogP contribution in [0.25, 0.3) is 0 Å². The first-order chi connectivity index (χ1) is 16.3. The summed E-state index contributed by atoms with van der Waals surface area (Å²) in [5, 5.41) is 11.4. The molecule has 0 spiro atoms. The molecule has 3 rings (SSSR count). The van der Waals surface area contributed by atoms with Crippen molar-refractivity contribution < 1.29 is 19.2 Å². The van der Waals surface area contributed by atoms with E-state index in [0.29, 0.717) is 22.7 Å². The first kappa shape index (κ1) is 25.0. The molecule has 2 aromatic rings. The molecule has 0 saturated carbocycles. The average molecular weight is 465 g/mol. The van der Waals surface area contributed by atoms with Crippen LogP contribution < -0.4 is 21.3 Å². The van der Waals surface area contributed by atoms with E-state index >= 15 is 0 Å². The molecule has 0 bridgehead atoms. The molecule has 0 atom stereocenters. The van der Waals surface area contributed by atoms with Gasteiger partial charge in [0.1, 0.15) is 10.8 Å². The third-order valence-corrected chi connectivity index (χ3v) is 7.00. The second-order valence-electron chi connectivity index (χ2n) is 8.49. The molecule has 8 nitrogen and oxygen atoms in total. The van der Waals surface area contributed by atoms with Crippen LogP contribution in [-0.2, 0) is 19.2 Å². The molecule has 8 heteroatoms. The number of nitrogens with one attached hydrogen (secondary N) is 4. The normalized spacial score (nSPS) is 17.8. The zero-order valence-electron chi connectivity index (χ0n) is 20.1. The van der Waals surface area contributed by atoms with E-state index in [1.165, 1.54) is 0 Å². The van der Waals surface area contributed by atoms with Gasteiger partial charge in [-0.1, -0.05) is 52.0 Å². The number of benzene rings is 2. The van der Waals surface area contributed by atoms with Crippen molar-refractivity contribution in [2.24, 2.45) is 10.8 Å². The summed E-state index contributed by atoms with van der Waals surface area (Å²) in [4.78, 5) is 53.9. The summed E-state index contributed by atoms with van der Waals surface area (Å²) in [5.74, 6) is -1.86. The molecular weight excluding hydrogens is 432 g/mol. The van der Waals surface area contributed by atoms with Crippen molar-refractivity contribution in [2.75, 3.05) is 21.3 Å². The standard InChI is InChI=1S/C26H32N4O4/c1-5-25(6-2)21(31)27-17-13-9-11-15-19(17)29-23(33)26(7-3,8-4)24(34)30-20-16-12-10-14-18(20)28-22(25)32/h9-16H,5-8H2,1-4H3,(H,27,31)(H,28,32)(H,29,33)(H,30,34). The minimum absolute atomic E-state index is 0.263. The zero-order chi connectivity index (χ0) is 24.9. The summed E-state index contributed by atoms with van der Waals surface area (Å²) in [7, 11) is 0. The van der Waals surface area contributed by atoms with Crippen LogP contribution in [0.3, 0.4) is 0 Å². The zero-order valence-corrected chi connectivity index (χ0v) is 20.1. The molecule has 4 amide bonds. The van der Waals surface area contributed by atoms with Crippen LogP contribution in [0.15, 0.2) is 48.5 Å². The van der Waals surface area contributed by atoms with Gasteiger partial charge in [-0.3, -0.25) is 19.2 Å². The van der Waals surface area contributed by atoms with Crippen LogP contribution in [-0.4, -0.2) is 23.6 Å². The monoisotopic (exact) mass is 464 g/mol. The number of amides is 4. The molecular formula is C26H32N4O4. The fourth-order valence-corrected chi connectivity index (χ4v) is 4.36. The highest BCUT2D eigenvalue weighted by atomic mass is 16.2. The Morgan fingerprint density at radius 2 is 0.676 bits per heavy atom. The first-order valence-corrected chi connectivity index (χ1v) is 11.7. The van der Waals surface area contributed by atoms with Crippen LogP contribution in [0.1, 0.15) is 53.4 Å². The molecule has 4 N–H and O–H groups in total. The lowest BCUT2D eigenvalue weighted by atomic mass is 9.79. The molecule has 180 valence electrons. The van der Waals surface area contributed by atoms with E-state index in [2.05, 4.69) is 21.3 Å². The largest absolute Gasteiger partial charge is 0.323 e. The number of carbonyl (C=O) groups excluding carboxylic acids is 4. The average Bonchev–Trinajstić information content (AvgIpc) is 2.83. The van der Waals surface area contributed by atoms with Gasteiger partial charge in [-0.2, -0.15) is 0 Å². The van der Waals surface area contributed by atoms with E-state index in [9.17, 15) is 19.2 Å². The number of carbonyl (C=O) groups is 4. The molecule has 34 heavy (non-hydrogen) atoms. The van der Waals surface area contributed by atoms with Crippen LogP contribution in [0, 0.1) is 10.8 Å². The van der Waals surface area contributed by atoms with Crippen molar-refractivity contribution in [1.82, 2.24) is 0 Å². The molecule has 0 radical (unpaired) electrons. The predicted octanol–water partition coefficient (Wildman–Crippen LogP) is 4.77. The van der Waals surface area contributed by atoms with Crippen molar-refractivity contribution >= 4 is 46.4 Å². The van der Waals surface area contributed by atoms with Crippen molar-refractivity contribution in [3.05, 3.63) is 48.5 Å². The highest BCUT2D eigenvalue weighted by molar-refractivity contribution is 6.19. The maximum atomic E-state index is 13.5. The van der Waals surface area contributed by atoms with E-state index < -0.39 is 34.5 Å². The maximum absolute atomic E-state index is 13.5. The molecule has 1 aliphatic heterocycles. The third kappa shape index (κ3) is 4.27. The van der Waals surface area contributed by atoms with Crippen LogP contribution >= 0.6 is 0 Å². The molecule has 1 aliphatic rings. The first-order valence-electron chi connectivity index (χ1n) is 11.7. The smallest absolute Gasteiger partial charge is 0.240 e. The minimum Gasteiger partial charge on any atom is -0.323 e. The van der Waals surface area contributed by atoms with Crippen molar-refractivity contribution in [2.45, 2.75) is 53.4 Å². The van der Waals surface area contributed by atoms with Gasteiger partial charge in [0.05, 0.1) is 22.7 Å². The quantitative estimate of drug-likeness (QED) is 0.488. The van der Waals surface area contributed by atoms with Gasteiger partial charge >= 0.3 is 0 Å². The third-order valence-electron chi connectivity index (χ3n) is 7.00. The number of para-hydroxylation sites is 4. The topological polar surface area (TPSA) is 116 Å². The Hall–Kier alpha value is -3.68. The molecule has 0 unspecified atom stereocenters. The van der Waals surface area contributed by atoms with Crippen LogP contribution in [0.4, 0.5) is 22.7 Å². The molecule has 0 saturated heterocycles. The van der Waals surface area contributed by atoms with E-state index in [-0.39, 0.29) is 25.7 Å². The highest BCUT2D eigenvalue weighted by Gasteiger charge is 2.45. The van der Waals surface area contributed by atoms with E-state index in [4.69, 9.17) is 0 Å². The Kier molecular flexibility index (Phi) is 7.39. The lowest BCUT2D eigenvalue weighted by Crippen LogP contribution is -2.47. The fourth-order valence-electron chi connectivity index (χ4n) is 4.36. The van der Waals surface area contributed by atoms with Gasteiger partial charge in [-0.15, -0.1) is 0 Å². The molecule has 1 heterocycles. The van der Waals surface area contributed by atoms with Gasteiger partial charge < -0.3 is 21.3 Å². The van der Waals surface area contributed by atoms with Crippen molar-refractivity contribution in [3.8, 4) is 0 Å². The molecule has 0 aliphatic carbocycles. The van der Waals surface area contributed by atoms with Gasteiger partial charge in [-0.25, -0.2) is 0 Å². The van der Waals surface area contributed by atoms with Gasteiger partial charge in [0.15, 0.2) is 0 Å². The number of fused-ring (bicyclic) bond motifs is 2. The molecule has 0 aromatic heterocycles. The lowest BCUT2D eigenvalue weighted by Gasteiger charge is -2.32. The van der Waals surface area contributed by atoms with Crippen LogP contribution in [0.2, 0.25) is 0 Å². The molecule has 0 fully saturated rings. The number of hydrogen-bond acceptors (Lipinski definition) is 4. The van der Waals surface area contributed by atoms with E-state index in [0.717, 1.165) is 0 Å². The maximum Gasteiger partial charge on any atom is 0.240 e. The van der Waals surface area contributed by atoms with Gasteiger partial charge in [-0.05, 0) is 49.9 Å². The summed E-state index contributed by atoms with van der Waals surface area (Å²) in [6.45, 7) is 7.13. The Morgan fingerprint density at radius 1 is 0.471 bits per heavy atom. The van der Waals surface area contributed by atoms with E-state index in [1.807, 2.05) is 0 Å². The Bertz CT molecular complexity index is 938. The second kappa shape index (κ2) is 10.1. The number of rotatable bonds is 4. The van der Waals surface area contributed by atoms with Gasteiger partial charge in [0.25, 0.3) is 0 Å².